The van der Waals surface area contributed by atoms with Gasteiger partial charge in [-0.05, 0) is 87.1 Å². The summed E-state index contributed by atoms with van der Waals surface area (Å²) in [5.74, 6) is -1.02. The second kappa shape index (κ2) is 22.6. The molecular formula is C42H54O10. The van der Waals surface area contributed by atoms with E-state index < -0.39 is 36.4 Å². The number of carbonyl (C=O) groups excluding carboxylic acids is 4. The molecule has 10 nitrogen and oxygen atoms in total. The highest BCUT2D eigenvalue weighted by Crippen LogP contribution is 2.32. The van der Waals surface area contributed by atoms with Crippen molar-refractivity contribution in [3.8, 4) is 11.5 Å². The monoisotopic (exact) mass is 718 g/mol. The maximum atomic E-state index is 12.9. The lowest BCUT2D eigenvalue weighted by molar-refractivity contribution is -0.135. The van der Waals surface area contributed by atoms with Crippen LogP contribution in [0.4, 0.5) is 0 Å². The van der Waals surface area contributed by atoms with E-state index in [-0.39, 0.29) is 25.2 Å². The summed E-state index contributed by atoms with van der Waals surface area (Å²) in [6, 6.07) is 12.4. The number of ether oxygens (including phenoxy) is 6. The lowest BCUT2D eigenvalue weighted by Gasteiger charge is -2.17. The third kappa shape index (κ3) is 13.7. The zero-order chi connectivity index (χ0) is 37.0. The normalized spacial score (nSPS) is 19.0. The molecule has 10 heteroatoms. The molecule has 0 aliphatic carbocycles. The van der Waals surface area contributed by atoms with Crippen LogP contribution in [-0.4, -0.2) is 61.5 Å². The maximum absolute atomic E-state index is 12.9. The summed E-state index contributed by atoms with van der Waals surface area (Å²) in [6.07, 6.45) is 16.8. The summed E-state index contributed by atoms with van der Waals surface area (Å²) in [4.78, 5) is 50.3. The second-order valence-electron chi connectivity index (χ2n) is 13.4. The summed E-state index contributed by atoms with van der Waals surface area (Å²) >= 11 is 0. The Hall–Kier alpha value is -4.28. The molecule has 2 saturated heterocycles. The molecule has 282 valence electrons. The van der Waals surface area contributed by atoms with E-state index in [2.05, 4.69) is 13.2 Å². The Morgan fingerprint density at radius 1 is 0.538 bits per heavy atom. The molecule has 0 N–H and O–H groups in total. The summed E-state index contributed by atoms with van der Waals surface area (Å²) < 4.78 is 33.9. The van der Waals surface area contributed by atoms with Crippen molar-refractivity contribution in [3.05, 3.63) is 85.0 Å². The Bertz CT molecular complexity index is 1320. The van der Waals surface area contributed by atoms with Crippen LogP contribution in [0.5, 0.6) is 11.5 Å². The Labute approximate surface area is 307 Å². The van der Waals surface area contributed by atoms with Crippen molar-refractivity contribution < 1.29 is 47.6 Å². The van der Waals surface area contributed by atoms with Crippen molar-refractivity contribution in [3.63, 3.8) is 0 Å². The molecule has 2 aliphatic heterocycles. The van der Waals surface area contributed by atoms with Crippen LogP contribution in [0, 0.1) is 0 Å². The molecule has 0 bridgehead atoms. The highest BCUT2D eigenvalue weighted by molar-refractivity contribution is 5.90. The zero-order valence-corrected chi connectivity index (χ0v) is 30.3. The number of hydrogen-bond acceptors (Lipinski definition) is 10. The summed E-state index contributed by atoms with van der Waals surface area (Å²) in [6.45, 7) is 7.66. The van der Waals surface area contributed by atoms with E-state index in [0.29, 0.717) is 35.5 Å². The number of rotatable bonds is 24. The fraction of sp³-hybridized carbons (Fsp3) is 0.524. The van der Waals surface area contributed by atoms with Gasteiger partial charge in [-0.1, -0.05) is 63.5 Å². The smallest absolute Gasteiger partial charge is 0.338 e. The van der Waals surface area contributed by atoms with Crippen molar-refractivity contribution in [1.82, 2.24) is 0 Å². The molecular weight excluding hydrogens is 664 g/mol. The Morgan fingerprint density at radius 3 is 1.25 bits per heavy atom. The number of allylic oxidation sites excluding steroid dienone is 2. The van der Waals surface area contributed by atoms with Gasteiger partial charge in [0.15, 0.2) is 12.2 Å². The average molecular weight is 719 g/mol. The van der Waals surface area contributed by atoms with E-state index in [1.54, 1.807) is 48.5 Å². The van der Waals surface area contributed by atoms with Crippen LogP contribution in [0.2, 0.25) is 0 Å². The van der Waals surface area contributed by atoms with E-state index in [1.807, 2.05) is 12.2 Å². The summed E-state index contributed by atoms with van der Waals surface area (Å²) in [7, 11) is 0. The van der Waals surface area contributed by atoms with Crippen molar-refractivity contribution in [1.29, 1.82) is 0 Å². The minimum atomic E-state index is -0.683. The SMILES string of the molecule is C=CCCCCCCCCC(=O)Oc1ccc(C(=O)OC2COC3C(OC(=O)c4ccc(OC(=O)CCCCCCCCC=C)cc4)COC23)cc1. The van der Waals surface area contributed by atoms with Gasteiger partial charge >= 0.3 is 23.9 Å². The molecule has 4 atom stereocenters. The minimum Gasteiger partial charge on any atom is -0.453 e. The van der Waals surface area contributed by atoms with Gasteiger partial charge < -0.3 is 28.4 Å². The first-order valence-corrected chi connectivity index (χ1v) is 18.9. The molecule has 0 spiro atoms. The van der Waals surface area contributed by atoms with Gasteiger partial charge in [-0.3, -0.25) is 9.59 Å². The average Bonchev–Trinajstić information content (AvgIpc) is 3.73. The molecule has 0 aromatic heterocycles. The Morgan fingerprint density at radius 2 is 0.885 bits per heavy atom. The number of hydrogen-bond donors (Lipinski definition) is 0. The first-order valence-electron chi connectivity index (χ1n) is 18.9. The van der Waals surface area contributed by atoms with Gasteiger partial charge in [0.2, 0.25) is 0 Å². The summed E-state index contributed by atoms with van der Waals surface area (Å²) in [5, 5.41) is 0. The highest BCUT2D eigenvalue weighted by atomic mass is 16.7. The van der Waals surface area contributed by atoms with Crippen molar-refractivity contribution >= 4 is 23.9 Å². The van der Waals surface area contributed by atoms with Gasteiger partial charge in [-0.2, -0.15) is 0 Å². The first kappa shape index (κ1) is 40.5. The number of fused-ring (bicyclic) bond motifs is 1. The fourth-order valence-corrected chi connectivity index (χ4v) is 6.26. The largest absolute Gasteiger partial charge is 0.453 e. The van der Waals surface area contributed by atoms with Gasteiger partial charge in [0, 0.05) is 12.8 Å². The Kier molecular flexibility index (Phi) is 17.6. The fourth-order valence-electron chi connectivity index (χ4n) is 6.26. The van der Waals surface area contributed by atoms with Crippen LogP contribution in [0.25, 0.3) is 0 Å². The predicted octanol–water partition coefficient (Wildman–Crippen LogP) is 8.66. The van der Waals surface area contributed by atoms with E-state index in [0.717, 1.165) is 77.0 Å². The molecule has 52 heavy (non-hydrogen) atoms. The van der Waals surface area contributed by atoms with Crippen molar-refractivity contribution in [2.45, 2.75) is 127 Å². The molecule has 0 radical (unpaired) electrons. The second-order valence-corrected chi connectivity index (χ2v) is 13.4. The number of benzene rings is 2. The maximum Gasteiger partial charge on any atom is 0.338 e. The molecule has 2 fully saturated rings. The molecule has 2 aromatic rings. The molecule has 4 unspecified atom stereocenters. The molecule has 2 aromatic carbocycles. The van der Waals surface area contributed by atoms with Gasteiger partial charge in [0.25, 0.3) is 0 Å². The van der Waals surface area contributed by atoms with E-state index in [1.165, 1.54) is 12.8 Å². The highest BCUT2D eigenvalue weighted by Gasteiger charge is 2.51. The van der Waals surface area contributed by atoms with Gasteiger partial charge in [-0.25, -0.2) is 9.59 Å². The molecule has 2 heterocycles. The topological polar surface area (TPSA) is 124 Å². The van der Waals surface area contributed by atoms with Crippen molar-refractivity contribution in [2.24, 2.45) is 0 Å². The molecule has 0 saturated carbocycles. The zero-order valence-electron chi connectivity index (χ0n) is 30.3. The molecule has 2 aliphatic rings. The standard InChI is InChI=1S/C42H54O10/c1-3-5-7-9-11-13-15-17-19-37(43)49-33-25-21-31(22-26-33)41(45)51-35-29-47-40-36(30-48-39(35)40)52-42(46)32-23-27-34(28-24-32)50-38(44)20-18-16-14-12-10-8-6-4-2/h3-4,21-28,35-36,39-40H,1-2,5-20,29-30H2. The Balaban J connectivity index is 1.12. The van der Waals surface area contributed by atoms with Crippen LogP contribution < -0.4 is 9.47 Å². The van der Waals surface area contributed by atoms with E-state index >= 15 is 0 Å². The third-order valence-electron chi connectivity index (χ3n) is 9.20. The lowest BCUT2D eigenvalue weighted by atomic mass is 10.1. The van der Waals surface area contributed by atoms with Crippen LogP contribution in [0.3, 0.4) is 0 Å². The van der Waals surface area contributed by atoms with Crippen molar-refractivity contribution in [2.75, 3.05) is 13.2 Å². The third-order valence-corrected chi connectivity index (χ3v) is 9.20. The van der Waals surface area contributed by atoms with E-state index in [4.69, 9.17) is 28.4 Å². The van der Waals surface area contributed by atoms with E-state index in [9.17, 15) is 19.2 Å². The van der Waals surface area contributed by atoms with Crippen LogP contribution in [-0.2, 0) is 28.5 Å². The number of esters is 4. The van der Waals surface area contributed by atoms with Crippen LogP contribution >= 0.6 is 0 Å². The predicted molar refractivity (Wildman–Crippen MR) is 196 cm³/mol. The van der Waals surface area contributed by atoms with Crippen LogP contribution in [0.15, 0.2) is 73.8 Å². The van der Waals surface area contributed by atoms with Gasteiger partial charge in [-0.15, -0.1) is 13.2 Å². The first-order chi connectivity index (χ1) is 25.4. The molecule has 0 amide bonds. The number of carbonyl (C=O) groups is 4. The van der Waals surface area contributed by atoms with Gasteiger partial charge in [0.05, 0.1) is 24.3 Å². The number of unbranched alkanes of at least 4 members (excludes halogenated alkanes) is 12. The quantitative estimate of drug-likeness (QED) is 0.0451. The summed E-state index contributed by atoms with van der Waals surface area (Å²) in [5.41, 5.74) is 0.584. The van der Waals surface area contributed by atoms with Gasteiger partial charge in [0.1, 0.15) is 23.7 Å². The lowest BCUT2D eigenvalue weighted by Crippen LogP contribution is -2.36. The minimum absolute atomic E-state index is 0.0927. The molecule has 4 rings (SSSR count). The van der Waals surface area contributed by atoms with Crippen LogP contribution in [0.1, 0.15) is 123 Å².